The number of aromatic amines is 1. The van der Waals surface area contributed by atoms with Crippen LogP contribution < -0.4 is 5.56 Å². The molecule has 2 aromatic heterocycles. The SMILES string of the molecule is CCC[C@H](c1nnnn1C(C)(C)C)N(Cc1ccc(C)cc1)Cc1cc2c(C)cc(C)cc2[nH]c1=O. The number of fused-ring (bicyclic) bond motifs is 1. The lowest BCUT2D eigenvalue weighted by Crippen LogP contribution is -2.35. The number of benzene rings is 2. The van der Waals surface area contributed by atoms with Gasteiger partial charge in [-0.2, -0.15) is 0 Å². The van der Waals surface area contributed by atoms with Gasteiger partial charge in [-0.3, -0.25) is 9.69 Å². The number of tetrazole rings is 1. The molecule has 0 bridgehead atoms. The van der Waals surface area contributed by atoms with E-state index in [1.54, 1.807) is 0 Å². The molecular weight excluding hydrogens is 448 g/mol. The molecule has 7 heteroatoms. The van der Waals surface area contributed by atoms with Gasteiger partial charge in [-0.15, -0.1) is 5.10 Å². The molecule has 0 amide bonds. The average molecular weight is 487 g/mol. The van der Waals surface area contributed by atoms with Crippen LogP contribution in [-0.4, -0.2) is 30.1 Å². The van der Waals surface area contributed by atoms with Crippen LogP contribution in [0, 0.1) is 20.8 Å². The summed E-state index contributed by atoms with van der Waals surface area (Å²) in [5.74, 6) is 0.834. The highest BCUT2D eigenvalue weighted by molar-refractivity contribution is 5.83. The van der Waals surface area contributed by atoms with E-state index in [4.69, 9.17) is 0 Å². The van der Waals surface area contributed by atoms with Crippen molar-refractivity contribution in [1.29, 1.82) is 0 Å². The smallest absolute Gasteiger partial charge is 0.252 e. The Bertz CT molecular complexity index is 1390. The first-order valence-electron chi connectivity index (χ1n) is 12.8. The fraction of sp³-hybridized carbons (Fsp3) is 0.448. The Morgan fingerprint density at radius 1 is 1.00 bits per heavy atom. The molecule has 0 aliphatic rings. The largest absolute Gasteiger partial charge is 0.322 e. The van der Waals surface area contributed by atoms with Crippen molar-refractivity contribution in [3.05, 3.63) is 86.5 Å². The summed E-state index contributed by atoms with van der Waals surface area (Å²) in [6.07, 6.45) is 1.85. The van der Waals surface area contributed by atoms with Crippen LogP contribution in [0.1, 0.15) is 80.2 Å². The molecule has 0 saturated carbocycles. The zero-order valence-corrected chi connectivity index (χ0v) is 22.6. The van der Waals surface area contributed by atoms with Crippen molar-refractivity contribution < 1.29 is 0 Å². The van der Waals surface area contributed by atoms with E-state index in [0.29, 0.717) is 13.1 Å². The quantitative estimate of drug-likeness (QED) is 0.344. The normalized spacial score (nSPS) is 13.0. The molecule has 2 aromatic carbocycles. The first-order chi connectivity index (χ1) is 17.1. The summed E-state index contributed by atoms with van der Waals surface area (Å²) in [6.45, 7) is 15.9. The minimum absolute atomic E-state index is 0.0419. The van der Waals surface area contributed by atoms with Crippen LogP contribution in [-0.2, 0) is 18.6 Å². The number of pyridine rings is 1. The maximum Gasteiger partial charge on any atom is 0.252 e. The van der Waals surface area contributed by atoms with Crippen LogP contribution >= 0.6 is 0 Å². The molecule has 4 aromatic rings. The van der Waals surface area contributed by atoms with Gasteiger partial charge in [0.1, 0.15) is 0 Å². The summed E-state index contributed by atoms with van der Waals surface area (Å²) in [5, 5.41) is 14.0. The van der Waals surface area contributed by atoms with Crippen LogP contribution in [0.15, 0.2) is 47.3 Å². The molecule has 7 nitrogen and oxygen atoms in total. The van der Waals surface area contributed by atoms with Crippen molar-refractivity contribution in [3.8, 4) is 0 Å². The van der Waals surface area contributed by atoms with Crippen molar-refractivity contribution in [1.82, 2.24) is 30.1 Å². The molecule has 0 unspecified atom stereocenters. The molecule has 0 fully saturated rings. The van der Waals surface area contributed by atoms with Crippen molar-refractivity contribution >= 4 is 10.9 Å². The Kier molecular flexibility index (Phi) is 7.41. The molecule has 0 spiro atoms. The maximum atomic E-state index is 13.3. The highest BCUT2D eigenvalue weighted by Crippen LogP contribution is 2.30. The molecule has 36 heavy (non-hydrogen) atoms. The average Bonchev–Trinajstić information content (AvgIpc) is 3.29. The third kappa shape index (κ3) is 5.57. The van der Waals surface area contributed by atoms with Gasteiger partial charge < -0.3 is 4.98 Å². The third-order valence-electron chi connectivity index (χ3n) is 6.70. The molecule has 190 valence electrons. The summed E-state index contributed by atoms with van der Waals surface area (Å²) < 4.78 is 1.92. The molecule has 1 N–H and O–H groups in total. The van der Waals surface area contributed by atoms with Gasteiger partial charge in [-0.1, -0.05) is 49.2 Å². The molecule has 0 aliphatic carbocycles. The van der Waals surface area contributed by atoms with Gasteiger partial charge in [0.25, 0.3) is 5.56 Å². The van der Waals surface area contributed by atoms with Crippen LogP contribution in [0.2, 0.25) is 0 Å². The number of aromatic nitrogens is 5. The highest BCUT2D eigenvalue weighted by Gasteiger charge is 2.30. The summed E-state index contributed by atoms with van der Waals surface area (Å²) in [6, 6.07) is 14.8. The summed E-state index contributed by atoms with van der Waals surface area (Å²) in [4.78, 5) is 18.7. The zero-order chi connectivity index (χ0) is 26.0. The summed E-state index contributed by atoms with van der Waals surface area (Å²) >= 11 is 0. The molecule has 2 heterocycles. The Hall–Kier alpha value is -3.32. The van der Waals surface area contributed by atoms with E-state index in [1.165, 1.54) is 11.1 Å². The lowest BCUT2D eigenvalue weighted by molar-refractivity contribution is 0.148. The van der Waals surface area contributed by atoms with E-state index in [2.05, 4.69) is 110 Å². The fourth-order valence-electron chi connectivity index (χ4n) is 4.88. The molecule has 1 atom stereocenters. The van der Waals surface area contributed by atoms with Gasteiger partial charge in [0.05, 0.1) is 11.6 Å². The van der Waals surface area contributed by atoms with Gasteiger partial charge in [0, 0.05) is 29.6 Å². The predicted molar refractivity (Wildman–Crippen MR) is 145 cm³/mol. The van der Waals surface area contributed by atoms with Gasteiger partial charge in [-0.25, -0.2) is 4.68 Å². The van der Waals surface area contributed by atoms with Crippen molar-refractivity contribution in [2.24, 2.45) is 0 Å². The van der Waals surface area contributed by atoms with E-state index in [9.17, 15) is 4.79 Å². The number of nitrogens with zero attached hydrogens (tertiary/aromatic N) is 5. The second-order valence-electron chi connectivity index (χ2n) is 11.0. The van der Waals surface area contributed by atoms with Gasteiger partial charge in [-0.05, 0) is 87.2 Å². The van der Waals surface area contributed by atoms with Gasteiger partial charge in [0.15, 0.2) is 5.82 Å². The first-order valence-corrected chi connectivity index (χ1v) is 12.8. The number of rotatable bonds is 8. The van der Waals surface area contributed by atoms with E-state index in [1.807, 2.05) is 10.7 Å². The van der Waals surface area contributed by atoms with E-state index < -0.39 is 0 Å². The predicted octanol–water partition coefficient (Wildman–Crippen LogP) is 5.74. The summed E-state index contributed by atoms with van der Waals surface area (Å²) in [5.41, 5.74) is 6.05. The monoisotopic (exact) mass is 486 g/mol. The second kappa shape index (κ2) is 10.3. The molecule has 0 saturated heterocycles. The Balaban J connectivity index is 1.81. The molecule has 0 aliphatic heterocycles. The lowest BCUT2D eigenvalue weighted by atomic mass is 10.0. The minimum atomic E-state index is -0.254. The van der Waals surface area contributed by atoms with Crippen LogP contribution in [0.3, 0.4) is 0 Å². The third-order valence-corrected chi connectivity index (χ3v) is 6.70. The summed E-state index contributed by atoms with van der Waals surface area (Å²) in [7, 11) is 0. The standard InChI is InChI=1S/C29H38N6O/c1-8-9-26(27-31-32-33-35(27)29(5,6)7)34(17-22-12-10-19(2)11-13-22)18-23-16-24-21(4)14-20(3)15-25(24)30-28(23)36/h10-16,26H,8-9,17-18H2,1-7H3,(H,30,36)/t26-/m1/s1. The Labute approximate surface area is 213 Å². The minimum Gasteiger partial charge on any atom is -0.322 e. The number of aryl methyl sites for hydroxylation is 3. The molecular formula is C29H38N6O. The topological polar surface area (TPSA) is 79.7 Å². The highest BCUT2D eigenvalue weighted by atomic mass is 16.1. The van der Waals surface area contributed by atoms with Crippen molar-refractivity contribution in [2.45, 2.75) is 86.0 Å². The first kappa shape index (κ1) is 25.8. The van der Waals surface area contributed by atoms with Gasteiger partial charge >= 0.3 is 0 Å². The maximum absolute atomic E-state index is 13.3. The van der Waals surface area contributed by atoms with Crippen LogP contribution in [0.4, 0.5) is 0 Å². The van der Waals surface area contributed by atoms with E-state index in [0.717, 1.165) is 46.3 Å². The van der Waals surface area contributed by atoms with Crippen LogP contribution in [0.5, 0.6) is 0 Å². The fourth-order valence-corrected chi connectivity index (χ4v) is 4.88. The lowest BCUT2D eigenvalue weighted by Gasteiger charge is -2.33. The zero-order valence-electron chi connectivity index (χ0n) is 22.6. The van der Waals surface area contributed by atoms with Gasteiger partial charge in [0.2, 0.25) is 0 Å². The number of hydrogen-bond donors (Lipinski definition) is 1. The van der Waals surface area contributed by atoms with Crippen LogP contribution in [0.25, 0.3) is 10.9 Å². The Morgan fingerprint density at radius 3 is 2.39 bits per heavy atom. The number of hydrogen-bond acceptors (Lipinski definition) is 5. The molecule has 4 rings (SSSR count). The Morgan fingerprint density at radius 2 is 1.72 bits per heavy atom. The van der Waals surface area contributed by atoms with E-state index in [-0.39, 0.29) is 17.1 Å². The number of nitrogens with one attached hydrogen (secondary N) is 1. The molecule has 0 radical (unpaired) electrons. The van der Waals surface area contributed by atoms with E-state index >= 15 is 0 Å². The van der Waals surface area contributed by atoms with Crippen molar-refractivity contribution in [2.75, 3.05) is 0 Å². The van der Waals surface area contributed by atoms with Crippen molar-refractivity contribution in [3.63, 3.8) is 0 Å². The second-order valence-corrected chi connectivity index (χ2v) is 11.0. The number of H-pyrrole nitrogens is 1.